The third-order valence-corrected chi connectivity index (χ3v) is 7.91. The summed E-state index contributed by atoms with van der Waals surface area (Å²) in [4.78, 5) is 29.7. The Morgan fingerprint density at radius 2 is 1.94 bits per heavy atom. The summed E-state index contributed by atoms with van der Waals surface area (Å²) in [5.74, 6) is -0.621. The van der Waals surface area contributed by atoms with E-state index in [0.29, 0.717) is 19.0 Å². The zero-order chi connectivity index (χ0) is 24.9. The van der Waals surface area contributed by atoms with E-state index >= 15 is 0 Å². The fraction of sp³-hybridized carbons (Fsp3) is 0.571. The summed E-state index contributed by atoms with van der Waals surface area (Å²) in [7, 11) is 0. The van der Waals surface area contributed by atoms with Crippen molar-refractivity contribution in [2.75, 3.05) is 31.1 Å². The molecule has 2 fully saturated rings. The summed E-state index contributed by atoms with van der Waals surface area (Å²) in [6.45, 7) is 7.06. The molecule has 7 heteroatoms. The maximum Gasteiger partial charge on any atom is 0.255 e. The van der Waals surface area contributed by atoms with Crippen molar-refractivity contribution in [3.8, 4) is 0 Å². The fourth-order valence-corrected chi connectivity index (χ4v) is 5.73. The Kier molecular flexibility index (Phi) is 8.29. The zero-order valence-electron chi connectivity index (χ0n) is 20.9. The van der Waals surface area contributed by atoms with E-state index in [0.717, 1.165) is 45.2 Å². The standard InChI is InChI=1S/C28H39N3O4/c1-19-9-6-7-12-23(19)30-16-14-22(20(2)18-30)17-29-27(34)25(32)26(33)28(35)31-15-8-13-24(31)21-10-4-3-5-11-21/h3-4,6-7,9-10,12,20,22,24-26,32-33H,5,8,11,13-18H2,1-2H3,(H,29,34)/t20-,22?,24+,25+,26+/m0/s1. The van der Waals surface area contributed by atoms with Gasteiger partial charge in [-0.25, -0.2) is 0 Å². The second-order valence-electron chi connectivity index (χ2n) is 10.3. The first-order chi connectivity index (χ1) is 16.9. The van der Waals surface area contributed by atoms with Crippen LogP contribution in [-0.2, 0) is 9.59 Å². The number of aryl methyl sites for hydroxylation is 1. The van der Waals surface area contributed by atoms with Crippen molar-refractivity contribution in [2.45, 2.75) is 64.2 Å². The number of rotatable bonds is 7. The van der Waals surface area contributed by atoms with Crippen molar-refractivity contribution in [1.29, 1.82) is 0 Å². The van der Waals surface area contributed by atoms with Crippen molar-refractivity contribution in [2.24, 2.45) is 11.8 Å². The quantitative estimate of drug-likeness (QED) is 0.557. The van der Waals surface area contributed by atoms with Gasteiger partial charge in [0.2, 0.25) is 0 Å². The van der Waals surface area contributed by atoms with E-state index in [2.05, 4.69) is 48.3 Å². The van der Waals surface area contributed by atoms with Crippen LogP contribution in [0.4, 0.5) is 5.69 Å². The van der Waals surface area contributed by atoms with Crippen LogP contribution in [0.3, 0.4) is 0 Å². The van der Waals surface area contributed by atoms with E-state index in [1.54, 1.807) is 4.90 Å². The highest BCUT2D eigenvalue weighted by Gasteiger charge is 2.39. The molecule has 0 bridgehead atoms. The number of carbonyl (C=O) groups excluding carboxylic acids is 2. The second-order valence-corrected chi connectivity index (χ2v) is 10.3. The zero-order valence-corrected chi connectivity index (χ0v) is 20.9. The molecule has 2 aliphatic heterocycles. The minimum Gasteiger partial charge on any atom is -0.380 e. The lowest BCUT2D eigenvalue weighted by molar-refractivity contribution is -0.153. The average Bonchev–Trinajstić information content (AvgIpc) is 3.37. The first-order valence-electron chi connectivity index (χ1n) is 13.0. The number of nitrogens with one attached hydrogen (secondary N) is 1. The maximum absolute atomic E-state index is 13.0. The molecule has 1 aromatic rings. The average molecular weight is 482 g/mol. The molecular formula is C28H39N3O4. The first-order valence-corrected chi connectivity index (χ1v) is 13.0. The van der Waals surface area contributed by atoms with E-state index < -0.39 is 24.0 Å². The highest BCUT2D eigenvalue weighted by atomic mass is 16.3. The minimum atomic E-state index is -1.77. The van der Waals surface area contributed by atoms with Crippen LogP contribution in [0.5, 0.6) is 0 Å². The maximum atomic E-state index is 13.0. The van der Waals surface area contributed by atoms with Crippen LogP contribution >= 0.6 is 0 Å². The Labute approximate surface area is 208 Å². The summed E-state index contributed by atoms with van der Waals surface area (Å²) in [5.41, 5.74) is 3.68. The van der Waals surface area contributed by atoms with Gasteiger partial charge in [-0.3, -0.25) is 9.59 Å². The Morgan fingerprint density at radius 1 is 1.14 bits per heavy atom. The van der Waals surface area contributed by atoms with Crippen molar-refractivity contribution in [3.63, 3.8) is 0 Å². The molecule has 0 aromatic heterocycles. The van der Waals surface area contributed by atoms with Crippen LogP contribution in [0.15, 0.2) is 48.1 Å². The molecule has 4 rings (SSSR count). The van der Waals surface area contributed by atoms with Gasteiger partial charge in [-0.05, 0) is 68.1 Å². The van der Waals surface area contributed by atoms with E-state index in [4.69, 9.17) is 0 Å². The van der Waals surface area contributed by atoms with E-state index in [1.165, 1.54) is 16.8 Å². The lowest BCUT2D eigenvalue weighted by atomic mass is 9.86. The Hall–Kier alpha value is -2.64. The lowest BCUT2D eigenvalue weighted by Gasteiger charge is -2.39. The van der Waals surface area contributed by atoms with Crippen LogP contribution in [0.2, 0.25) is 0 Å². The third kappa shape index (κ3) is 5.78. The molecule has 2 heterocycles. The third-order valence-electron chi connectivity index (χ3n) is 7.91. The molecular weight excluding hydrogens is 442 g/mol. The number of aliphatic hydroxyl groups excluding tert-OH is 2. The van der Waals surface area contributed by atoms with Gasteiger partial charge < -0.3 is 25.3 Å². The van der Waals surface area contributed by atoms with Gasteiger partial charge in [0.25, 0.3) is 11.8 Å². The summed E-state index contributed by atoms with van der Waals surface area (Å²) in [5, 5.41) is 23.8. The molecule has 1 unspecified atom stereocenters. The molecule has 0 spiro atoms. The molecule has 1 aromatic carbocycles. The van der Waals surface area contributed by atoms with Crippen LogP contribution in [0.1, 0.15) is 44.6 Å². The van der Waals surface area contributed by atoms with Crippen molar-refractivity contribution in [1.82, 2.24) is 10.2 Å². The number of piperidine rings is 1. The lowest BCUT2D eigenvalue weighted by Crippen LogP contribution is -2.53. The number of likely N-dealkylation sites (tertiary alicyclic amines) is 1. The molecule has 7 nitrogen and oxygen atoms in total. The highest BCUT2D eigenvalue weighted by Crippen LogP contribution is 2.30. The molecule has 5 atom stereocenters. The molecule has 1 aliphatic carbocycles. The van der Waals surface area contributed by atoms with Crippen LogP contribution in [0, 0.1) is 18.8 Å². The van der Waals surface area contributed by atoms with E-state index in [1.807, 2.05) is 18.2 Å². The molecule has 35 heavy (non-hydrogen) atoms. The predicted octanol–water partition coefficient (Wildman–Crippen LogP) is 2.56. The van der Waals surface area contributed by atoms with Gasteiger partial charge in [0.05, 0.1) is 6.04 Å². The number of nitrogens with zero attached hydrogens (tertiary/aromatic N) is 2. The van der Waals surface area contributed by atoms with Crippen molar-refractivity contribution in [3.05, 3.63) is 53.6 Å². The number of anilines is 1. The van der Waals surface area contributed by atoms with Crippen molar-refractivity contribution < 1.29 is 19.8 Å². The number of allylic oxidation sites excluding steroid dienone is 3. The van der Waals surface area contributed by atoms with Gasteiger partial charge in [-0.2, -0.15) is 0 Å². The minimum absolute atomic E-state index is 0.0587. The van der Waals surface area contributed by atoms with Crippen LogP contribution in [0.25, 0.3) is 0 Å². The topological polar surface area (TPSA) is 93.1 Å². The Balaban J connectivity index is 1.28. The number of benzene rings is 1. The highest BCUT2D eigenvalue weighted by molar-refractivity contribution is 5.91. The Morgan fingerprint density at radius 3 is 2.66 bits per heavy atom. The van der Waals surface area contributed by atoms with E-state index in [9.17, 15) is 19.8 Å². The monoisotopic (exact) mass is 481 g/mol. The van der Waals surface area contributed by atoms with Gasteiger partial charge in [-0.1, -0.05) is 43.4 Å². The van der Waals surface area contributed by atoms with Crippen molar-refractivity contribution >= 4 is 17.5 Å². The van der Waals surface area contributed by atoms with Gasteiger partial charge in [0.1, 0.15) is 0 Å². The van der Waals surface area contributed by atoms with E-state index in [-0.39, 0.29) is 12.0 Å². The second kappa shape index (κ2) is 11.4. The number of aliphatic hydroxyl groups is 2. The van der Waals surface area contributed by atoms with Gasteiger partial charge in [0.15, 0.2) is 12.2 Å². The Bertz CT molecular complexity index is 975. The predicted molar refractivity (Wildman–Crippen MR) is 137 cm³/mol. The normalized spacial score (nSPS) is 26.3. The fourth-order valence-electron chi connectivity index (χ4n) is 5.73. The largest absolute Gasteiger partial charge is 0.380 e. The molecule has 2 saturated heterocycles. The molecule has 0 radical (unpaired) electrons. The smallest absolute Gasteiger partial charge is 0.255 e. The SMILES string of the molecule is Cc1ccccc1N1CCC(CNC(=O)[C@H](O)[C@@H](O)C(=O)N2CCC[C@@H]2C2=CC=CCC2)[C@@H](C)C1. The number of hydrogen-bond donors (Lipinski definition) is 3. The summed E-state index contributed by atoms with van der Waals surface area (Å²) in [6, 6.07) is 8.31. The number of hydrogen-bond acceptors (Lipinski definition) is 5. The van der Waals surface area contributed by atoms with Gasteiger partial charge >= 0.3 is 0 Å². The molecule has 3 N–H and O–H groups in total. The summed E-state index contributed by atoms with van der Waals surface area (Å²) in [6.07, 6.45) is 7.08. The van der Waals surface area contributed by atoms with Crippen LogP contribution in [-0.4, -0.2) is 71.4 Å². The molecule has 0 saturated carbocycles. The molecule has 2 amide bonds. The number of carbonyl (C=O) groups is 2. The van der Waals surface area contributed by atoms with Crippen LogP contribution < -0.4 is 10.2 Å². The van der Waals surface area contributed by atoms with Gasteiger partial charge in [-0.15, -0.1) is 0 Å². The summed E-state index contributed by atoms with van der Waals surface area (Å²) < 4.78 is 0. The molecule has 3 aliphatic rings. The van der Waals surface area contributed by atoms with Gasteiger partial charge in [0, 0.05) is 31.9 Å². The number of para-hydroxylation sites is 1. The summed E-state index contributed by atoms with van der Waals surface area (Å²) >= 11 is 0. The molecule has 190 valence electrons. The first kappa shape index (κ1) is 25.5. The number of amides is 2.